The van der Waals surface area contributed by atoms with Gasteiger partial charge in [-0.1, -0.05) is 23.8 Å². The lowest BCUT2D eigenvalue weighted by Gasteiger charge is -2.07. The Morgan fingerprint density at radius 1 is 1.14 bits per heavy atom. The van der Waals surface area contributed by atoms with Crippen LogP contribution in [0.25, 0.3) is 10.9 Å². The molecule has 3 heteroatoms. The number of fused-ring (bicyclic) bond motifs is 1. The molecule has 1 aromatic heterocycles. The van der Waals surface area contributed by atoms with Crippen molar-refractivity contribution in [3.05, 3.63) is 65.9 Å². The molecule has 2 aromatic carbocycles. The summed E-state index contributed by atoms with van der Waals surface area (Å²) in [7, 11) is 0. The van der Waals surface area contributed by atoms with Crippen molar-refractivity contribution in [2.75, 3.05) is 5.32 Å². The Morgan fingerprint density at radius 2 is 2.00 bits per heavy atom. The van der Waals surface area contributed by atoms with Crippen molar-refractivity contribution in [2.45, 2.75) is 20.4 Å². The van der Waals surface area contributed by atoms with Crippen LogP contribution in [-0.4, -0.2) is 10.5 Å². The number of benzene rings is 2. The van der Waals surface area contributed by atoms with Crippen LogP contribution in [0.2, 0.25) is 0 Å². The molecule has 0 atom stereocenters. The molecule has 0 aliphatic carbocycles. The van der Waals surface area contributed by atoms with Gasteiger partial charge in [-0.2, -0.15) is 0 Å². The number of carbonyl (C=O) groups is 1. The molecule has 0 saturated heterocycles. The molecule has 1 N–H and O–H groups in total. The van der Waals surface area contributed by atoms with Crippen molar-refractivity contribution in [3.8, 4) is 0 Å². The van der Waals surface area contributed by atoms with Crippen molar-refractivity contribution >= 4 is 22.5 Å². The van der Waals surface area contributed by atoms with E-state index in [0.29, 0.717) is 5.56 Å². The number of amides is 1. The van der Waals surface area contributed by atoms with E-state index in [4.69, 9.17) is 0 Å². The molecular formula is C18H18N2O. The summed E-state index contributed by atoms with van der Waals surface area (Å²) >= 11 is 0. The Bertz CT molecular complexity index is 802. The average Bonchev–Trinajstić information content (AvgIpc) is 2.89. The third-order valence-electron chi connectivity index (χ3n) is 3.65. The number of nitrogens with one attached hydrogen (secondary N) is 1. The molecule has 0 spiro atoms. The van der Waals surface area contributed by atoms with E-state index >= 15 is 0 Å². The zero-order valence-electron chi connectivity index (χ0n) is 12.3. The number of rotatable bonds is 3. The van der Waals surface area contributed by atoms with E-state index in [-0.39, 0.29) is 5.91 Å². The lowest BCUT2D eigenvalue weighted by molar-refractivity contribution is 0.102. The Morgan fingerprint density at radius 3 is 2.76 bits per heavy atom. The lowest BCUT2D eigenvalue weighted by Crippen LogP contribution is -2.11. The summed E-state index contributed by atoms with van der Waals surface area (Å²) in [6, 6.07) is 15.7. The first kappa shape index (κ1) is 13.4. The van der Waals surface area contributed by atoms with Gasteiger partial charge in [0.1, 0.15) is 0 Å². The van der Waals surface area contributed by atoms with E-state index in [0.717, 1.165) is 23.3 Å². The fraction of sp³-hybridized carbons (Fsp3) is 0.167. The van der Waals surface area contributed by atoms with Crippen LogP contribution in [0.3, 0.4) is 0 Å². The molecule has 3 nitrogen and oxygen atoms in total. The van der Waals surface area contributed by atoms with Gasteiger partial charge in [-0.25, -0.2) is 0 Å². The highest BCUT2D eigenvalue weighted by molar-refractivity contribution is 6.05. The first-order valence-electron chi connectivity index (χ1n) is 7.14. The van der Waals surface area contributed by atoms with Crippen LogP contribution in [0.15, 0.2) is 54.7 Å². The van der Waals surface area contributed by atoms with Crippen LogP contribution < -0.4 is 5.32 Å². The zero-order valence-corrected chi connectivity index (χ0v) is 12.3. The van der Waals surface area contributed by atoms with Crippen LogP contribution in [-0.2, 0) is 6.54 Å². The standard InChI is InChI=1S/C18H18N2O/c1-3-20-10-9-14-7-8-16(12-17(14)20)19-18(21)15-6-4-5-13(2)11-15/h4-12H,3H2,1-2H3,(H,19,21). The summed E-state index contributed by atoms with van der Waals surface area (Å²) in [5.74, 6) is -0.0762. The van der Waals surface area contributed by atoms with E-state index in [1.807, 2.05) is 49.4 Å². The highest BCUT2D eigenvalue weighted by Gasteiger charge is 2.07. The molecule has 0 bridgehead atoms. The van der Waals surface area contributed by atoms with E-state index in [1.54, 1.807) is 0 Å². The van der Waals surface area contributed by atoms with Gasteiger partial charge in [0.15, 0.2) is 0 Å². The molecular weight excluding hydrogens is 260 g/mol. The van der Waals surface area contributed by atoms with Gasteiger partial charge in [-0.15, -0.1) is 0 Å². The number of nitrogens with zero attached hydrogens (tertiary/aromatic N) is 1. The first-order chi connectivity index (χ1) is 10.2. The third-order valence-corrected chi connectivity index (χ3v) is 3.65. The zero-order chi connectivity index (χ0) is 14.8. The summed E-state index contributed by atoms with van der Waals surface area (Å²) in [6.45, 7) is 5.01. The highest BCUT2D eigenvalue weighted by atomic mass is 16.1. The molecule has 0 unspecified atom stereocenters. The number of aromatic nitrogens is 1. The smallest absolute Gasteiger partial charge is 0.255 e. The number of carbonyl (C=O) groups excluding carboxylic acids is 1. The van der Waals surface area contributed by atoms with Gasteiger partial charge >= 0.3 is 0 Å². The van der Waals surface area contributed by atoms with E-state index < -0.39 is 0 Å². The number of aryl methyl sites for hydroxylation is 2. The van der Waals surface area contributed by atoms with Crippen LogP contribution in [0.4, 0.5) is 5.69 Å². The van der Waals surface area contributed by atoms with Crippen LogP contribution in [0.1, 0.15) is 22.8 Å². The summed E-state index contributed by atoms with van der Waals surface area (Å²) in [6.07, 6.45) is 2.07. The Kier molecular flexibility index (Phi) is 3.48. The quantitative estimate of drug-likeness (QED) is 0.764. The molecule has 0 saturated carbocycles. The van der Waals surface area contributed by atoms with E-state index in [2.05, 4.69) is 29.1 Å². The Labute approximate surface area is 124 Å². The van der Waals surface area contributed by atoms with Crippen molar-refractivity contribution < 1.29 is 4.79 Å². The van der Waals surface area contributed by atoms with Gasteiger partial charge in [-0.05, 0) is 49.6 Å². The number of hydrogen-bond donors (Lipinski definition) is 1. The second kappa shape index (κ2) is 5.44. The topological polar surface area (TPSA) is 34.0 Å². The maximum Gasteiger partial charge on any atom is 0.255 e. The predicted octanol–water partition coefficient (Wildman–Crippen LogP) is 4.22. The van der Waals surface area contributed by atoms with Crippen molar-refractivity contribution in [3.63, 3.8) is 0 Å². The number of hydrogen-bond acceptors (Lipinski definition) is 1. The molecule has 3 rings (SSSR count). The minimum Gasteiger partial charge on any atom is -0.348 e. The molecule has 3 aromatic rings. The van der Waals surface area contributed by atoms with Gasteiger partial charge in [0.25, 0.3) is 5.91 Å². The fourth-order valence-electron chi connectivity index (χ4n) is 2.53. The molecule has 1 amide bonds. The fourth-order valence-corrected chi connectivity index (χ4v) is 2.53. The maximum absolute atomic E-state index is 12.3. The second-order valence-corrected chi connectivity index (χ2v) is 5.20. The minimum atomic E-state index is -0.0762. The Hall–Kier alpha value is -2.55. The van der Waals surface area contributed by atoms with Crippen LogP contribution in [0, 0.1) is 6.92 Å². The number of anilines is 1. The molecule has 0 aliphatic rings. The highest BCUT2D eigenvalue weighted by Crippen LogP contribution is 2.21. The molecule has 1 heterocycles. The minimum absolute atomic E-state index is 0.0762. The van der Waals surface area contributed by atoms with Crippen LogP contribution >= 0.6 is 0 Å². The van der Waals surface area contributed by atoms with E-state index in [9.17, 15) is 4.79 Å². The SMILES string of the molecule is CCn1ccc2ccc(NC(=O)c3cccc(C)c3)cc21. The summed E-state index contributed by atoms with van der Waals surface area (Å²) in [5, 5.41) is 4.15. The molecule has 106 valence electrons. The van der Waals surface area contributed by atoms with Gasteiger partial charge in [0, 0.05) is 24.0 Å². The first-order valence-corrected chi connectivity index (χ1v) is 7.14. The van der Waals surface area contributed by atoms with Crippen LogP contribution in [0.5, 0.6) is 0 Å². The molecule has 0 radical (unpaired) electrons. The van der Waals surface area contributed by atoms with Gasteiger partial charge < -0.3 is 9.88 Å². The molecule has 0 aliphatic heterocycles. The van der Waals surface area contributed by atoms with E-state index in [1.165, 1.54) is 5.39 Å². The summed E-state index contributed by atoms with van der Waals surface area (Å²) in [4.78, 5) is 12.3. The van der Waals surface area contributed by atoms with Gasteiger partial charge in [0.2, 0.25) is 0 Å². The summed E-state index contributed by atoms with van der Waals surface area (Å²) < 4.78 is 2.16. The maximum atomic E-state index is 12.3. The van der Waals surface area contributed by atoms with Crippen molar-refractivity contribution in [1.29, 1.82) is 0 Å². The van der Waals surface area contributed by atoms with Gasteiger partial charge in [-0.3, -0.25) is 4.79 Å². The predicted molar refractivity (Wildman–Crippen MR) is 86.7 cm³/mol. The lowest BCUT2D eigenvalue weighted by atomic mass is 10.1. The average molecular weight is 278 g/mol. The van der Waals surface area contributed by atoms with Gasteiger partial charge in [0.05, 0.1) is 5.52 Å². The molecule has 0 fully saturated rings. The monoisotopic (exact) mass is 278 g/mol. The third kappa shape index (κ3) is 2.68. The van der Waals surface area contributed by atoms with Crippen molar-refractivity contribution in [2.24, 2.45) is 0 Å². The van der Waals surface area contributed by atoms with Crippen molar-refractivity contribution in [1.82, 2.24) is 4.57 Å². The second-order valence-electron chi connectivity index (χ2n) is 5.20. The summed E-state index contributed by atoms with van der Waals surface area (Å²) in [5.41, 5.74) is 3.72. The molecule has 21 heavy (non-hydrogen) atoms. The Balaban J connectivity index is 1.89. The normalized spacial score (nSPS) is 10.8. The largest absolute Gasteiger partial charge is 0.348 e.